The minimum absolute atomic E-state index is 0.173. The number of amides is 1. The third-order valence-corrected chi connectivity index (χ3v) is 4.79. The zero-order chi connectivity index (χ0) is 17.3. The van der Waals surface area contributed by atoms with Crippen LogP contribution in [-0.4, -0.2) is 52.5 Å². The molecule has 3 unspecified atom stereocenters. The van der Waals surface area contributed by atoms with Crippen molar-refractivity contribution in [3.63, 3.8) is 0 Å². The van der Waals surface area contributed by atoms with Gasteiger partial charge < -0.3 is 20.1 Å². The van der Waals surface area contributed by atoms with E-state index in [1.54, 1.807) is 0 Å². The van der Waals surface area contributed by atoms with Crippen LogP contribution in [0.25, 0.3) is 0 Å². The fourth-order valence-electron chi connectivity index (χ4n) is 3.87. The third-order valence-electron chi connectivity index (χ3n) is 4.79. The van der Waals surface area contributed by atoms with Crippen LogP contribution in [0.5, 0.6) is 0 Å². The molecule has 0 aromatic carbocycles. The first-order valence-electron chi connectivity index (χ1n) is 9.02. The Morgan fingerprint density at radius 1 is 1.17 bits per heavy atom. The van der Waals surface area contributed by atoms with Crippen LogP contribution in [0.15, 0.2) is 0 Å². The van der Waals surface area contributed by atoms with E-state index in [2.05, 4.69) is 5.32 Å². The molecule has 5 heteroatoms. The van der Waals surface area contributed by atoms with E-state index in [-0.39, 0.29) is 12.1 Å². The molecule has 0 bridgehead atoms. The highest BCUT2D eigenvalue weighted by Gasteiger charge is 2.42. The van der Waals surface area contributed by atoms with Crippen LogP contribution in [0.3, 0.4) is 0 Å². The second kappa shape index (κ2) is 6.98. The number of carbonyl (C=O) groups is 1. The molecule has 1 amide bonds. The first-order chi connectivity index (χ1) is 10.6. The molecular formula is C18H34N2O3. The summed E-state index contributed by atoms with van der Waals surface area (Å²) in [5, 5.41) is 13.5. The lowest BCUT2D eigenvalue weighted by Gasteiger charge is -2.35. The molecule has 2 N–H and O–H groups in total. The third kappa shape index (κ3) is 5.35. The number of nitrogens with zero attached hydrogens (tertiary/aromatic N) is 1. The van der Waals surface area contributed by atoms with Crippen molar-refractivity contribution in [1.29, 1.82) is 0 Å². The van der Waals surface area contributed by atoms with Crippen molar-refractivity contribution in [2.75, 3.05) is 13.1 Å². The first-order valence-corrected chi connectivity index (χ1v) is 9.02. The lowest BCUT2D eigenvalue weighted by molar-refractivity contribution is 0.0157. The lowest BCUT2D eigenvalue weighted by Crippen LogP contribution is -2.49. The molecule has 5 nitrogen and oxygen atoms in total. The summed E-state index contributed by atoms with van der Waals surface area (Å²) < 4.78 is 5.59. The Bertz CT molecular complexity index is 411. The van der Waals surface area contributed by atoms with E-state index >= 15 is 0 Å². The molecule has 1 aliphatic heterocycles. The summed E-state index contributed by atoms with van der Waals surface area (Å²) in [7, 11) is 0. The number of likely N-dealkylation sites (tertiary alicyclic amines) is 1. The topological polar surface area (TPSA) is 61.8 Å². The molecule has 1 aliphatic carbocycles. The molecule has 0 aromatic heterocycles. The number of hydrogen-bond donors (Lipinski definition) is 2. The molecule has 23 heavy (non-hydrogen) atoms. The van der Waals surface area contributed by atoms with Crippen LogP contribution in [0, 0.1) is 5.92 Å². The molecule has 134 valence electrons. The SMILES string of the molecule is CC(C)(O)CNC1CCCC1C1CCCN1C(=O)OC(C)(C)C. The van der Waals surface area contributed by atoms with Gasteiger partial charge in [-0.2, -0.15) is 0 Å². The highest BCUT2D eigenvalue weighted by molar-refractivity contribution is 5.69. The molecule has 1 saturated carbocycles. The second-order valence-corrected chi connectivity index (χ2v) is 8.78. The molecule has 0 radical (unpaired) electrons. The molecule has 0 spiro atoms. The summed E-state index contributed by atoms with van der Waals surface area (Å²) in [5.41, 5.74) is -1.15. The van der Waals surface area contributed by atoms with Gasteiger partial charge in [-0.25, -0.2) is 4.79 Å². The summed E-state index contributed by atoms with van der Waals surface area (Å²) in [6.07, 6.45) is 5.40. The standard InChI is InChI=1S/C18H34N2O3/c1-17(2,3)23-16(21)20-11-7-10-15(20)13-8-6-9-14(13)19-12-18(4,5)22/h13-15,19,22H,6-12H2,1-5H3. The normalized spacial score (nSPS) is 29.1. The maximum Gasteiger partial charge on any atom is 0.410 e. The largest absolute Gasteiger partial charge is 0.444 e. The first kappa shape index (κ1) is 18.5. The van der Waals surface area contributed by atoms with Gasteiger partial charge in [0.15, 0.2) is 0 Å². The Morgan fingerprint density at radius 3 is 2.48 bits per heavy atom. The molecule has 2 aliphatic rings. The predicted molar refractivity (Wildman–Crippen MR) is 91.4 cm³/mol. The van der Waals surface area contributed by atoms with E-state index in [0.29, 0.717) is 18.5 Å². The van der Waals surface area contributed by atoms with E-state index in [0.717, 1.165) is 32.2 Å². The fourth-order valence-corrected chi connectivity index (χ4v) is 3.87. The minimum Gasteiger partial charge on any atom is -0.444 e. The van der Waals surface area contributed by atoms with Crippen LogP contribution < -0.4 is 5.32 Å². The van der Waals surface area contributed by atoms with Crippen LogP contribution in [0.4, 0.5) is 4.79 Å². The molecule has 1 heterocycles. The number of rotatable bonds is 4. The molecular weight excluding hydrogens is 292 g/mol. The summed E-state index contributed by atoms with van der Waals surface area (Å²) in [5.74, 6) is 0.465. The number of ether oxygens (including phenoxy) is 1. The van der Waals surface area contributed by atoms with Crippen molar-refractivity contribution in [2.24, 2.45) is 5.92 Å². The van der Waals surface area contributed by atoms with Crippen LogP contribution in [0.2, 0.25) is 0 Å². The lowest BCUT2D eigenvalue weighted by atomic mass is 9.92. The zero-order valence-corrected chi connectivity index (χ0v) is 15.4. The van der Waals surface area contributed by atoms with Crippen molar-refractivity contribution < 1.29 is 14.6 Å². The minimum atomic E-state index is -0.701. The number of aliphatic hydroxyl groups is 1. The van der Waals surface area contributed by atoms with Gasteiger partial charge >= 0.3 is 6.09 Å². The van der Waals surface area contributed by atoms with Gasteiger partial charge in [-0.1, -0.05) is 6.42 Å². The van der Waals surface area contributed by atoms with Crippen molar-refractivity contribution in [1.82, 2.24) is 10.2 Å². The second-order valence-electron chi connectivity index (χ2n) is 8.78. The smallest absolute Gasteiger partial charge is 0.410 e. The molecule has 3 atom stereocenters. The van der Waals surface area contributed by atoms with Gasteiger partial charge in [0.05, 0.1) is 5.60 Å². The van der Waals surface area contributed by atoms with Crippen molar-refractivity contribution in [3.05, 3.63) is 0 Å². The maximum absolute atomic E-state index is 12.5. The summed E-state index contributed by atoms with van der Waals surface area (Å²) >= 11 is 0. The molecule has 1 saturated heterocycles. The van der Waals surface area contributed by atoms with Gasteiger partial charge in [0.1, 0.15) is 5.60 Å². The highest BCUT2D eigenvalue weighted by atomic mass is 16.6. The summed E-state index contributed by atoms with van der Waals surface area (Å²) in [4.78, 5) is 14.4. The fraction of sp³-hybridized carbons (Fsp3) is 0.944. The Kier molecular flexibility index (Phi) is 5.62. The summed E-state index contributed by atoms with van der Waals surface area (Å²) in [6.45, 7) is 10.8. The van der Waals surface area contributed by atoms with E-state index in [4.69, 9.17) is 4.74 Å². The Hall–Kier alpha value is -0.810. The highest BCUT2D eigenvalue weighted by Crippen LogP contribution is 2.36. The van der Waals surface area contributed by atoms with E-state index in [1.807, 2.05) is 39.5 Å². The van der Waals surface area contributed by atoms with E-state index in [1.165, 1.54) is 6.42 Å². The molecule has 2 rings (SSSR count). The van der Waals surface area contributed by atoms with Gasteiger partial charge in [-0.3, -0.25) is 0 Å². The zero-order valence-electron chi connectivity index (χ0n) is 15.4. The molecule has 0 aromatic rings. The maximum atomic E-state index is 12.5. The Morgan fingerprint density at radius 2 is 1.87 bits per heavy atom. The average molecular weight is 326 g/mol. The van der Waals surface area contributed by atoms with Crippen LogP contribution >= 0.6 is 0 Å². The van der Waals surface area contributed by atoms with Crippen LogP contribution in [0.1, 0.15) is 66.7 Å². The van der Waals surface area contributed by atoms with Gasteiger partial charge in [0.2, 0.25) is 0 Å². The van der Waals surface area contributed by atoms with Gasteiger partial charge in [-0.05, 0) is 66.2 Å². The average Bonchev–Trinajstić information content (AvgIpc) is 3.01. The van der Waals surface area contributed by atoms with Crippen LogP contribution in [-0.2, 0) is 4.74 Å². The van der Waals surface area contributed by atoms with Gasteiger partial charge in [-0.15, -0.1) is 0 Å². The van der Waals surface area contributed by atoms with Gasteiger partial charge in [0, 0.05) is 25.2 Å². The summed E-state index contributed by atoms with van der Waals surface area (Å²) in [6, 6.07) is 0.654. The number of hydrogen-bond acceptors (Lipinski definition) is 4. The number of nitrogens with one attached hydrogen (secondary N) is 1. The van der Waals surface area contributed by atoms with Crippen molar-refractivity contribution in [2.45, 2.75) is 90.0 Å². The predicted octanol–water partition coefficient (Wildman–Crippen LogP) is 2.92. The Balaban J connectivity index is 1.99. The van der Waals surface area contributed by atoms with Crippen molar-refractivity contribution >= 4 is 6.09 Å². The monoisotopic (exact) mass is 326 g/mol. The Labute approximate surface area is 140 Å². The van der Waals surface area contributed by atoms with Crippen molar-refractivity contribution in [3.8, 4) is 0 Å². The van der Waals surface area contributed by atoms with E-state index < -0.39 is 11.2 Å². The molecule has 2 fully saturated rings. The van der Waals surface area contributed by atoms with E-state index in [9.17, 15) is 9.90 Å². The number of carbonyl (C=O) groups excluding carboxylic acids is 1. The quantitative estimate of drug-likeness (QED) is 0.834. The van der Waals surface area contributed by atoms with Gasteiger partial charge in [0.25, 0.3) is 0 Å².